The van der Waals surface area contributed by atoms with Crippen molar-refractivity contribution in [1.29, 1.82) is 0 Å². The van der Waals surface area contributed by atoms with Gasteiger partial charge in [0.2, 0.25) is 5.91 Å². The third kappa shape index (κ3) is 4.86. The van der Waals surface area contributed by atoms with Gasteiger partial charge in [0, 0.05) is 10.9 Å². The third-order valence-corrected chi connectivity index (χ3v) is 3.49. The summed E-state index contributed by atoms with van der Waals surface area (Å²) in [5.74, 6) is -0.932. The smallest absolute Gasteiger partial charge is 0.352 e. The molecule has 0 heterocycles. The van der Waals surface area contributed by atoms with Crippen molar-refractivity contribution in [2.45, 2.75) is 49.1 Å². The quantitative estimate of drug-likeness (QED) is 0.778. The van der Waals surface area contributed by atoms with Crippen LogP contribution in [0.15, 0.2) is 0 Å². The molecular weight excluding hydrogens is 275 g/mol. The van der Waals surface area contributed by atoms with E-state index in [0.29, 0.717) is 0 Å². The molecule has 1 aliphatic carbocycles. The summed E-state index contributed by atoms with van der Waals surface area (Å²) in [5.41, 5.74) is 0. The Morgan fingerprint density at radius 3 is 2.47 bits per heavy atom. The summed E-state index contributed by atoms with van der Waals surface area (Å²) in [4.78, 5) is 11.1. The molecule has 1 aliphatic rings. The van der Waals surface area contributed by atoms with E-state index in [9.17, 15) is 18.0 Å². The van der Waals surface area contributed by atoms with Crippen LogP contribution in [0.1, 0.15) is 32.1 Å². The summed E-state index contributed by atoms with van der Waals surface area (Å²) in [5, 5.41) is 2.42. The molecule has 1 rings (SSSR count). The number of hydrogen-bond acceptors (Lipinski definition) is 1. The first-order chi connectivity index (χ1) is 6.88. The lowest BCUT2D eigenvalue weighted by Gasteiger charge is -2.28. The Bertz CT molecular complexity index is 232. The molecule has 6 heteroatoms. The first-order valence-electron chi connectivity index (χ1n) is 4.88. The van der Waals surface area contributed by atoms with Crippen LogP contribution in [0.3, 0.4) is 0 Å². The van der Waals surface area contributed by atoms with Gasteiger partial charge in [0.1, 0.15) is 6.42 Å². The van der Waals surface area contributed by atoms with Gasteiger partial charge in [-0.1, -0.05) is 28.8 Å². The summed E-state index contributed by atoms with van der Waals surface area (Å²) in [6.07, 6.45) is -2.14. The van der Waals surface area contributed by atoms with Crippen LogP contribution in [0.25, 0.3) is 0 Å². The van der Waals surface area contributed by atoms with E-state index in [2.05, 4.69) is 21.2 Å². The van der Waals surface area contributed by atoms with Gasteiger partial charge >= 0.3 is 6.18 Å². The number of halogens is 4. The van der Waals surface area contributed by atoms with Crippen molar-refractivity contribution in [3.8, 4) is 0 Å². The molecule has 2 unspecified atom stereocenters. The molecule has 2 atom stereocenters. The van der Waals surface area contributed by atoms with E-state index in [1.54, 1.807) is 0 Å². The summed E-state index contributed by atoms with van der Waals surface area (Å²) in [7, 11) is 0. The van der Waals surface area contributed by atoms with Gasteiger partial charge in [-0.25, -0.2) is 0 Å². The number of carbonyl (C=O) groups is 1. The lowest BCUT2D eigenvalue weighted by Crippen LogP contribution is -2.43. The van der Waals surface area contributed by atoms with E-state index in [0.717, 1.165) is 25.7 Å². The Hall–Kier alpha value is -0.260. The molecule has 88 valence electrons. The van der Waals surface area contributed by atoms with Gasteiger partial charge in [0.15, 0.2) is 0 Å². The third-order valence-electron chi connectivity index (χ3n) is 2.39. The van der Waals surface area contributed by atoms with Crippen LogP contribution >= 0.6 is 15.9 Å². The van der Waals surface area contributed by atoms with E-state index in [1.165, 1.54) is 0 Å². The standard InChI is InChI=1S/C9H13BrF3NO/c10-6-3-1-2-4-7(6)14-8(15)5-9(11,12)13/h6-7H,1-5H2,(H,14,15). The minimum Gasteiger partial charge on any atom is -0.352 e. The largest absolute Gasteiger partial charge is 0.397 e. The molecule has 0 saturated heterocycles. The van der Waals surface area contributed by atoms with Gasteiger partial charge in [-0.05, 0) is 12.8 Å². The fourth-order valence-corrected chi connectivity index (χ4v) is 2.41. The maximum atomic E-state index is 11.9. The molecule has 15 heavy (non-hydrogen) atoms. The highest BCUT2D eigenvalue weighted by atomic mass is 79.9. The molecule has 0 aromatic rings. The second-order valence-corrected chi connectivity index (χ2v) is 4.94. The Kier molecular flexibility index (Phi) is 4.43. The van der Waals surface area contributed by atoms with Crippen molar-refractivity contribution in [1.82, 2.24) is 5.32 Å². The number of rotatable bonds is 2. The number of carbonyl (C=O) groups excluding carboxylic acids is 1. The highest BCUT2D eigenvalue weighted by Gasteiger charge is 2.33. The van der Waals surface area contributed by atoms with Gasteiger partial charge in [-0.3, -0.25) is 4.79 Å². The second-order valence-electron chi connectivity index (χ2n) is 3.77. The number of alkyl halides is 4. The first-order valence-corrected chi connectivity index (χ1v) is 5.80. The average Bonchev–Trinajstić information content (AvgIpc) is 2.05. The van der Waals surface area contributed by atoms with Gasteiger partial charge in [0.05, 0.1) is 0 Å². The predicted octanol–water partition coefficient (Wildman–Crippen LogP) is 2.76. The zero-order valence-electron chi connectivity index (χ0n) is 8.11. The molecule has 0 bridgehead atoms. The summed E-state index contributed by atoms with van der Waals surface area (Å²) in [6.45, 7) is 0. The van der Waals surface area contributed by atoms with Gasteiger partial charge in [-0.15, -0.1) is 0 Å². The van der Waals surface area contributed by atoms with Crippen LogP contribution in [-0.2, 0) is 4.79 Å². The Labute approximate surface area is 94.7 Å². The highest BCUT2D eigenvalue weighted by molar-refractivity contribution is 9.09. The zero-order chi connectivity index (χ0) is 11.5. The lowest BCUT2D eigenvalue weighted by molar-refractivity contribution is -0.154. The molecule has 2 nitrogen and oxygen atoms in total. The average molecular weight is 288 g/mol. The van der Waals surface area contributed by atoms with Crippen LogP contribution in [0.4, 0.5) is 13.2 Å². The Morgan fingerprint density at radius 2 is 1.93 bits per heavy atom. The normalized spacial score (nSPS) is 27.5. The molecule has 0 aromatic carbocycles. The minimum absolute atomic E-state index is 0.100. The summed E-state index contributed by atoms with van der Waals surface area (Å²) >= 11 is 3.37. The van der Waals surface area contributed by atoms with Crippen molar-refractivity contribution in [3.63, 3.8) is 0 Å². The predicted molar refractivity (Wildman–Crippen MR) is 53.8 cm³/mol. The van der Waals surface area contributed by atoms with Crippen LogP contribution in [0, 0.1) is 0 Å². The van der Waals surface area contributed by atoms with E-state index >= 15 is 0 Å². The highest BCUT2D eigenvalue weighted by Crippen LogP contribution is 2.25. The summed E-state index contributed by atoms with van der Waals surface area (Å²) in [6, 6.07) is -0.159. The van der Waals surface area contributed by atoms with Crippen LogP contribution in [0.2, 0.25) is 0 Å². The van der Waals surface area contributed by atoms with Crippen molar-refractivity contribution < 1.29 is 18.0 Å². The molecule has 1 saturated carbocycles. The fourth-order valence-electron chi connectivity index (χ4n) is 1.69. The Morgan fingerprint density at radius 1 is 1.33 bits per heavy atom. The lowest BCUT2D eigenvalue weighted by atomic mass is 9.95. The molecule has 0 aromatic heterocycles. The van der Waals surface area contributed by atoms with E-state index in [-0.39, 0.29) is 10.9 Å². The maximum absolute atomic E-state index is 11.9. The minimum atomic E-state index is -4.42. The number of amides is 1. The zero-order valence-corrected chi connectivity index (χ0v) is 9.70. The van der Waals surface area contributed by atoms with Crippen molar-refractivity contribution in [2.24, 2.45) is 0 Å². The molecule has 1 N–H and O–H groups in total. The molecule has 1 amide bonds. The maximum Gasteiger partial charge on any atom is 0.397 e. The molecular formula is C9H13BrF3NO. The van der Waals surface area contributed by atoms with Crippen LogP contribution in [-0.4, -0.2) is 23.0 Å². The van der Waals surface area contributed by atoms with E-state index in [1.807, 2.05) is 0 Å². The summed E-state index contributed by atoms with van der Waals surface area (Å²) < 4.78 is 35.7. The molecule has 0 aliphatic heterocycles. The number of nitrogens with one attached hydrogen (secondary N) is 1. The van der Waals surface area contributed by atoms with Gasteiger partial charge < -0.3 is 5.32 Å². The topological polar surface area (TPSA) is 29.1 Å². The number of hydrogen-bond donors (Lipinski definition) is 1. The SMILES string of the molecule is O=C(CC(F)(F)F)NC1CCCCC1Br. The van der Waals surface area contributed by atoms with Crippen molar-refractivity contribution in [3.05, 3.63) is 0 Å². The Balaban J connectivity index is 2.36. The molecule has 0 spiro atoms. The van der Waals surface area contributed by atoms with Crippen LogP contribution in [0.5, 0.6) is 0 Å². The molecule has 0 radical (unpaired) electrons. The molecule has 1 fully saturated rings. The van der Waals surface area contributed by atoms with Crippen LogP contribution < -0.4 is 5.32 Å². The van der Waals surface area contributed by atoms with Crippen molar-refractivity contribution in [2.75, 3.05) is 0 Å². The first kappa shape index (κ1) is 12.8. The second kappa shape index (κ2) is 5.18. The van der Waals surface area contributed by atoms with E-state index < -0.39 is 18.5 Å². The van der Waals surface area contributed by atoms with Crippen molar-refractivity contribution >= 4 is 21.8 Å². The monoisotopic (exact) mass is 287 g/mol. The fraction of sp³-hybridized carbons (Fsp3) is 0.889. The van der Waals surface area contributed by atoms with Gasteiger partial charge in [0.25, 0.3) is 0 Å². The van der Waals surface area contributed by atoms with Gasteiger partial charge in [-0.2, -0.15) is 13.2 Å². The van der Waals surface area contributed by atoms with E-state index in [4.69, 9.17) is 0 Å².